The van der Waals surface area contributed by atoms with Crippen LogP contribution in [-0.2, 0) is 4.74 Å². The number of hydrogen-bond acceptors (Lipinski definition) is 3. The minimum absolute atomic E-state index is 0.792. The van der Waals surface area contributed by atoms with E-state index in [-0.39, 0.29) is 0 Å². The molecule has 0 bridgehead atoms. The van der Waals surface area contributed by atoms with Crippen molar-refractivity contribution in [2.24, 2.45) is 5.92 Å². The van der Waals surface area contributed by atoms with Gasteiger partial charge in [-0.15, -0.1) is 0 Å². The lowest BCUT2D eigenvalue weighted by Gasteiger charge is -2.11. The standard InChI is InChI=1S/C9H20OS2/c1-3-4-9(7-11)8-12-6-5-10-2/h9,11H,3-8H2,1-2H3. The van der Waals surface area contributed by atoms with Gasteiger partial charge in [0.15, 0.2) is 0 Å². The number of thioether (sulfide) groups is 1. The van der Waals surface area contributed by atoms with Crippen LogP contribution in [0.5, 0.6) is 0 Å². The normalized spacial score (nSPS) is 13.2. The highest BCUT2D eigenvalue weighted by Crippen LogP contribution is 2.15. The predicted molar refractivity (Wildman–Crippen MR) is 61.5 cm³/mol. The van der Waals surface area contributed by atoms with E-state index in [1.54, 1.807) is 7.11 Å². The quantitative estimate of drug-likeness (QED) is 0.485. The molecule has 0 aliphatic carbocycles. The van der Waals surface area contributed by atoms with Crippen LogP contribution >= 0.6 is 24.4 Å². The Balaban J connectivity index is 3.19. The summed E-state index contributed by atoms with van der Waals surface area (Å²) in [6.07, 6.45) is 2.58. The molecule has 1 atom stereocenters. The first-order chi connectivity index (χ1) is 5.85. The molecule has 0 aromatic carbocycles. The summed E-state index contributed by atoms with van der Waals surface area (Å²) in [7, 11) is 1.75. The Bertz CT molecular complexity index is 88.6. The zero-order valence-electron chi connectivity index (χ0n) is 8.08. The molecule has 0 aliphatic heterocycles. The van der Waals surface area contributed by atoms with Gasteiger partial charge in [0.25, 0.3) is 0 Å². The number of hydrogen-bond donors (Lipinski definition) is 1. The van der Waals surface area contributed by atoms with Crippen LogP contribution in [0, 0.1) is 5.92 Å². The molecule has 0 N–H and O–H groups in total. The highest BCUT2D eigenvalue weighted by atomic mass is 32.2. The van der Waals surface area contributed by atoms with Gasteiger partial charge >= 0.3 is 0 Å². The SMILES string of the molecule is CCCC(CS)CSCCOC. The summed E-state index contributed by atoms with van der Waals surface area (Å²) in [5.41, 5.74) is 0. The van der Waals surface area contributed by atoms with Gasteiger partial charge in [0, 0.05) is 12.9 Å². The van der Waals surface area contributed by atoms with Crippen LogP contribution in [0.1, 0.15) is 19.8 Å². The summed E-state index contributed by atoms with van der Waals surface area (Å²) >= 11 is 6.31. The Morgan fingerprint density at radius 1 is 1.50 bits per heavy atom. The van der Waals surface area contributed by atoms with Crippen molar-refractivity contribution in [2.45, 2.75) is 19.8 Å². The molecule has 0 radical (unpaired) electrons. The van der Waals surface area contributed by atoms with Crippen molar-refractivity contribution < 1.29 is 4.74 Å². The fraction of sp³-hybridized carbons (Fsp3) is 1.00. The van der Waals surface area contributed by atoms with E-state index >= 15 is 0 Å². The molecule has 0 aromatic heterocycles. The summed E-state index contributed by atoms with van der Waals surface area (Å²) in [6.45, 7) is 3.10. The van der Waals surface area contributed by atoms with Crippen LogP contribution in [-0.4, -0.2) is 31.0 Å². The summed E-state index contributed by atoms with van der Waals surface area (Å²) in [6, 6.07) is 0. The Labute approximate surface area is 86.1 Å². The zero-order chi connectivity index (χ0) is 9.23. The monoisotopic (exact) mass is 208 g/mol. The molecular formula is C9H20OS2. The summed E-state index contributed by atoms with van der Waals surface area (Å²) in [5, 5.41) is 0. The van der Waals surface area contributed by atoms with Crippen LogP contribution in [0.2, 0.25) is 0 Å². The fourth-order valence-electron chi connectivity index (χ4n) is 1.03. The van der Waals surface area contributed by atoms with Gasteiger partial charge in [-0.25, -0.2) is 0 Å². The summed E-state index contributed by atoms with van der Waals surface area (Å²) in [5.74, 6) is 4.17. The number of ether oxygens (including phenoxy) is 1. The van der Waals surface area contributed by atoms with E-state index in [1.807, 2.05) is 11.8 Å². The first-order valence-corrected chi connectivity index (χ1v) is 6.31. The van der Waals surface area contributed by atoms with Crippen molar-refractivity contribution in [3.8, 4) is 0 Å². The smallest absolute Gasteiger partial charge is 0.0552 e. The molecule has 3 heteroatoms. The van der Waals surface area contributed by atoms with Gasteiger partial charge in [-0.3, -0.25) is 0 Å². The Kier molecular flexibility index (Phi) is 10.3. The van der Waals surface area contributed by atoms with Gasteiger partial charge in [0.05, 0.1) is 6.61 Å². The van der Waals surface area contributed by atoms with Gasteiger partial charge < -0.3 is 4.74 Å². The molecule has 1 unspecified atom stereocenters. The van der Waals surface area contributed by atoms with Crippen LogP contribution in [0.3, 0.4) is 0 Å². The second-order valence-electron chi connectivity index (χ2n) is 2.90. The predicted octanol–water partition coefficient (Wildman–Crippen LogP) is 2.71. The van der Waals surface area contributed by atoms with Crippen molar-refractivity contribution in [3.63, 3.8) is 0 Å². The van der Waals surface area contributed by atoms with Crippen molar-refractivity contribution in [3.05, 3.63) is 0 Å². The van der Waals surface area contributed by atoms with E-state index in [9.17, 15) is 0 Å². The fourth-order valence-corrected chi connectivity index (χ4v) is 2.58. The third kappa shape index (κ3) is 7.32. The van der Waals surface area contributed by atoms with Gasteiger partial charge in [0.1, 0.15) is 0 Å². The highest BCUT2D eigenvalue weighted by molar-refractivity contribution is 7.99. The Morgan fingerprint density at radius 3 is 2.75 bits per heavy atom. The molecular weight excluding hydrogens is 188 g/mol. The third-order valence-electron chi connectivity index (χ3n) is 1.74. The molecule has 0 saturated heterocycles. The lowest BCUT2D eigenvalue weighted by atomic mass is 10.1. The average molecular weight is 208 g/mol. The first-order valence-electron chi connectivity index (χ1n) is 4.52. The lowest BCUT2D eigenvalue weighted by Crippen LogP contribution is -2.06. The largest absolute Gasteiger partial charge is 0.384 e. The molecule has 0 rings (SSSR count). The van der Waals surface area contributed by atoms with E-state index in [0.29, 0.717) is 0 Å². The maximum absolute atomic E-state index is 4.98. The van der Waals surface area contributed by atoms with Gasteiger partial charge in [0.2, 0.25) is 0 Å². The van der Waals surface area contributed by atoms with Crippen molar-refractivity contribution in [1.82, 2.24) is 0 Å². The van der Waals surface area contributed by atoms with E-state index in [0.717, 1.165) is 24.0 Å². The van der Waals surface area contributed by atoms with Gasteiger partial charge in [-0.2, -0.15) is 24.4 Å². The van der Waals surface area contributed by atoms with Crippen LogP contribution in [0.4, 0.5) is 0 Å². The maximum Gasteiger partial charge on any atom is 0.0552 e. The molecule has 0 spiro atoms. The number of rotatable bonds is 8. The minimum atomic E-state index is 0.792. The van der Waals surface area contributed by atoms with E-state index in [1.165, 1.54) is 18.6 Å². The molecule has 0 amide bonds. The molecule has 0 aromatic rings. The van der Waals surface area contributed by atoms with Crippen molar-refractivity contribution >= 4 is 24.4 Å². The third-order valence-corrected chi connectivity index (χ3v) is 3.42. The van der Waals surface area contributed by atoms with Crippen LogP contribution < -0.4 is 0 Å². The van der Waals surface area contributed by atoms with E-state index in [4.69, 9.17) is 4.74 Å². The topological polar surface area (TPSA) is 9.23 Å². The molecule has 12 heavy (non-hydrogen) atoms. The Hall–Kier alpha value is 0.660. The highest BCUT2D eigenvalue weighted by Gasteiger charge is 2.04. The Morgan fingerprint density at radius 2 is 2.25 bits per heavy atom. The second-order valence-corrected chi connectivity index (χ2v) is 4.42. The van der Waals surface area contributed by atoms with Gasteiger partial charge in [-0.1, -0.05) is 13.3 Å². The number of thiol groups is 1. The molecule has 0 aliphatic rings. The van der Waals surface area contributed by atoms with Crippen LogP contribution in [0.25, 0.3) is 0 Å². The molecule has 0 saturated carbocycles. The average Bonchev–Trinajstić information content (AvgIpc) is 2.10. The number of methoxy groups -OCH3 is 1. The molecule has 74 valence electrons. The summed E-state index contributed by atoms with van der Waals surface area (Å²) in [4.78, 5) is 0. The molecule has 0 fully saturated rings. The molecule has 0 heterocycles. The van der Waals surface area contributed by atoms with Gasteiger partial charge in [-0.05, 0) is 23.8 Å². The molecule has 1 nitrogen and oxygen atoms in total. The van der Waals surface area contributed by atoms with Crippen LogP contribution in [0.15, 0.2) is 0 Å². The van der Waals surface area contributed by atoms with E-state index in [2.05, 4.69) is 19.6 Å². The first kappa shape index (κ1) is 12.7. The summed E-state index contributed by atoms with van der Waals surface area (Å²) < 4.78 is 4.98. The lowest BCUT2D eigenvalue weighted by molar-refractivity contribution is 0.218. The minimum Gasteiger partial charge on any atom is -0.384 e. The zero-order valence-corrected chi connectivity index (χ0v) is 9.79. The second kappa shape index (κ2) is 9.75. The van der Waals surface area contributed by atoms with Crippen molar-refractivity contribution in [2.75, 3.05) is 31.0 Å². The van der Waals surface area contributed by atoms with Crippen molar-refractivity contribution in [1.29, 1.82) is 0 Å². The maximum atomic E-state index is 4.98. The van der Waals surface area contributed by atoms with E-state index < -0.39 is 0 Å².